The zero-order valence-corrected chi connectivity index (χ0v) is 12.8. The summed E-state index contributed by atoms with van der Waals surface area (Å²) < 4.78 is 5.68. The maximum absolute atomic E-state index is 12.8. The van der Waals surface area contributed by atoms with E-state index in [0.717, 1.165) is 35.3 Å². The molecule has 0 spiro atoms. The van der Waals surface area contributed by atoms with Crippen molar-refractivity contribution in [1.29, 1.82) is 0 Å². The van der Waals surface area contributed by atoms with E-state index in [1.807, 2.05) is 37.3 Å². The van der Waals surface area contributed by atoms with Crippen molar-refractivity contribution >= 4 is 5.97 Å². The third-order valence-corrected chi connectivity index (χ3v) is 4.31. The summed E-state index contributed by atoms with van der Waals surface area (Å²) in [6.45, 7) is 6.18. The van der Waals surface area contributed by atoms with Gasteiger partial charge in [0.25, 0.3) is 0 Å². The van der Waals surface area contributed by atoms with E-state index in [-0.39, 0.29) is 5.97 Å². The van der Waals surface area contributed by atoms with E-state index in [2.05, 4.69) is 26.0 Å². The highest BCUT2D eigenvalue weighted by Crippen LogP contribution is 2.49. The number of benzene rings is 2. The highest BCUT2D eigenvalue weighted by atomic mass is 16.5. The van der Waals surface area contributed by atoms with Gasteiger partial charge in [0.2, 0.25) is 0 Å². The first-order valence-corrected chi connectivity index (χ1v) is 7.49. The molecule has 0 saturated heterocycles. The molecule has 2 aromatic rings. The Labute approximate surface area is 125 Å². The van der Waals surface area contributed by atoms with E-state index in [1.165, 1.54) is 5.56 Å². The molecule has 2 nitrogen and oxygen atoms in total. The molecule has 0 saturated carbocycles. The lowest BCUT2D eigenvalue weighted by Crippen LogP contribution is -2.35. The molecule has 0 aromatic heterocycles. The second kappa shape index (κ2) is 5.03. The number of aryl methyl sites for hydroxylation is 2. The highest BCUT2D eigenvalue weighted by molar-refractivity contribution is 5.95. The fraction of sp³-hybridized carbons (Fsp3) is 0.316. The predicted molar refractivity (Wildman–Crippen MR) is 83.7 cm³/mol. The largest absolute Gasteiger partial charge is 0.425 e. The van der Waals surface area contributed by atoms with Crippen molar-refractivity contribution in [3.8, 4) is 5.75 Å². The van der Waals surface area contributed by atoms with Gasteiger partial charge in [0.15, 0.2) is 0 Å². The number of ether oxygens (including phenoxy) is 1. The van der Waals surface area contributed by atoms with Crippen LogP contribution >= 0.6 is 0 Å². The van der Waals surface area contributed by atoms with Crippen molar-refractivity contribution in [2.24, 2.45) is 0 Å². The highest BCUT2D eigenvalue weighted by Gasteiger charge is 2.50. The molecule has 2 aromatic carbocycles. The lowest BCUT2D eigenvalue weighted by molar-refractivity contribution is -0.137. The van der Waals surface area contributed by atoms with Gasteiger partial charge in [0, 0.05) is 5.56 Å². The Kier molecular flexibility index (Phi) is 3.32. The van der Waals surface area contributed by atoms with Crippen LogP contribution in [0.1, 0.15) is 42.0 Å². The van der Waals surface area contributed by atoms with E-state index < -0.39 is 5.41 Å². The summed E-state index contributed by atoms with van der Waals surface area (Å²) in [4.78, 5) is 12.8. The first-order valence-electron chi connectivity index (χ1n) is 7.49. The summed E-state index contributed by atoms with van der Waals surface area (Å²) in [6.07, 6.45) is 1.70. The van der Waals surface area contributed by atoms with Crippen LogP contribution in [0.15, 0.2) is 42.5 Å². The number of rotatable bonds is 3. The minimum absolute atomic E-state index is 0.140. The number of hydrogen-bond acceptors (Lipinski definition) is 2. The van der Waals surface area contributed by atoms with Crippen LogP contribution < -0.4 is 4.74 Å². The molecule has 1 heterocycles. The van der Waals surface area contributed by atoms with Crippen LogP contribution in [0, 0.1) is 13.8 Å². The number of esters is 1. The molecule has 1 aliphatic rings. The van der Waals surface area contributed by atoms with Gasteiger partial charge in [-0.25, -0.2) is 0 Å². The van der Waals surface area contributed by atoms with Crippen molar-refractivity contribution in [1.82, 2.24) is 0 Å². The van der Waals surface area contributed by atoms with Gasteiger partial charge in [0.1, 0.15) is 11.2 Å². The molecule has 1 atom stereocenters. The molecule has 1 aliphatic heterocycles. The topological polar surface area (TPSA) is 26.3 Å². The maximum Gasteiger partial charge on any atom is 0.326 e. The summed E-state index contributed by atoms with van der Waals surface area (Å²) in [6, 6.07) is 14.2. The second-order valence-electron chi connectivity index (χ2n) is 5.87. The van der Waals surface area contributed by atoms with Gasteiger partial charge in [-0.1, -0.05) is 61.4 Å². The van der Waals surface area contributed by atoms with Crippen LogP contribution in [-0.2, 0) is 10.2 Å². The summed E-state index contributed by atoms with van der Waals surface area (Å²) in [5.41, 5.74) is 3.61. The fourth-order valence-corrected chi connectivity index (χ4v) is 3.45. The summed E-state index contributed by atoms with van der Waals surface area (Å²) in [7, 11) is 0. The minimum atomic E-state index is -0.651. The van der Waals surface area contributed by atoms with Gasteiger partial charge in [-0.2, -0.15) is 0 Å². The van der Waals surface area contributed by atoms with E-state index in [1.54, 1.807) is 0 Å². The van der Waals surface area contributed by atoms with E-state index in [9.17, 15) is 4.79 Å². The van der Waals surface area contributed by atoms with E-state index in [4.69, 9.17) is 4.74 Å². The van der Waals surface area contributed by atoms with Crippen molar-refractivity contribution in [3.05, 3.63) is 64.7 Å². The molecule has 0 radical (unpaired) electrons. The normalized spacial score (nSPS) is 20.2. The second-order valence-corrected chi connectivity index (χ2v) is 5.87. The van der Waals surface area contributed by atoms with E-state index in [0.29, 0.717) is 0 Å². The van der Waals surface area contributed by atoms with Crippen LogP contribution in [0.4, 0.5) is 0 Å². The van der Waals surface area contributed by atoms with Crippen LogP contribution in [0.3, 0.4) is 0 Å². The van der Waals surface area contributed by atoms with Gasteiger partial charge >= 0.3 is 5.97 Å². The monoisotopic (exact) mass is 280 g/mol. The molecule has 0 bridgehead atoms. The summed E-state index contributed by atoms with van der Waals surface area (Å²) >= 11 is 0. The summed E-state index contributed by atoms with van der Waals surface area (Å²) in [5, 5.41) is 0. The molecular weight excluding hydrogens is 260 g/mol. The first-order chi connectivity index (χ1) is 10.1. The number of hydrogen-bond donors (Lipinski definition) is 0. The van der Waals surface area contributed by atoms with Crippen LogP contribution in [0.25, 0.3) is 0 Å². The van der Waals surface area contributed by atoms with Gasteiger partial charge in [-0.3, -0.25) is 4.79 Å². The van der Waals surface area contributed by atoms with Gasteiger partial charge in [-0.05, 0) is 31.4 Å². The zero-order valence-electron chi connectivity index (χ0n) is 12.8. The summed E-state index contributed by atoms with van der Waals surface area (Å²) in [5.74, 6) is 0.613. The quantitative estimate of drug-likeness (QED) is 0.618. The van der Waals surface area contributed by atoms with Gasteiger partial charge in [0.05, 0.1) is 0 Å². The lowest BCUT2D eigenvalue weighted by atomic mass is 9.72. The SMILES string of the molecule is CCCC1(c2ccccc2)C(=O)Oc2c(C)cc(C)cc21. The van der Waals surface area contributed by atoms with Crippen molar-refractivity contribution in [2.45, 2.75) is 39.0 Å². The molecule has 0 amide bonds. The van der Waals surface area contributed by atoms with E-state index >= 15 is 0 Å². The Morgan fingerprint density at radius 1 is 1.10 bits per heavy atom. The molecular formula is C19H20O2. The molecule has 21 heavy (non-hydrogen) atoms. The minimum Gasteiger partial charge on any atom is -0.425 e. The third-order valence-electron chi connectivity index (χ3n) is 4.31. The standard InChI is InChI=1S/C19H20O2/c1-4-10-19(15-8-6-5-7-9-15)16-12-13(2)11-14(3)17(16)21-18(19)20/h5-9,11-12H,4,10H2,1-3H3. The first kappa shape index (κ1) is 13.9. The predicted octanol–water partition coefficient (Wildman–Crippen LogP) is 4.31. The van der Waals surface area contributed by atoms with Crippen molar-refractivity contribution < 1.29 is 9.53 Å². The Morgan fingerprint density at radius 2 is 1.81 bits per heavy atom. The molecule has 0 N–H and O–H groups in total. The van der Waals surface area contributed by atoms with Crippen LogP contribution in [0.2, 0.25) is 0 Å². The van der Waals surface area contributed by atoms with Crippen LogP contribution in [-0.4, -0.2) is 5.97 Å². The average molecular weight is 280 g/mol. The molecule has 2 heteroatoms. The van der Waals surface area contributed by atoms with Gasteiger partial charge in [-0.15, -0.1) is 0 Å². The Morgan fingerprint density at radius 3 is 2.48 bits per heavy atom. The molecule has 0 aliphatic carbocycles. The molecule has 3 rings (SSSR count). The number of carbonyl (C=O) groups excluding carboxylic acids is 1. The third kappa shape index (κ3) is 1.98. The van der Waals surface area contributed by atoms with Gasteiger partial charge < -0.3 is 4.74 Å². The Balaban J connectivity index is 2.30. The zero-order chi connectivity index (χ0) is 15.0. The van der Waals surface area contributed by atoms with Crippen molar-refractivity contribution in [2.75, 3.05) is 0 Å². The fourth-order valence-electron chi connectivity index (χ4n) is 3.45. The Hall–Kier alpha value is -2.09. The average Bonchev–Trinajstić information content (AvgIpc) is 2.75. The number of fused-ring (bicyclic) bond motifs is 1. The molecule has 1 unspecified atom stereocenters. The maximum atomic E-state index is 12.8. The lowest BCUT2D eigenvalue weighted by Gasteiger charge is -2.26. The molecule has 0 fully saturated rings. The smallest absolute Gasteiger partial charge is 0.326 e. The Bertz CT molecular complexity index is 688. The van der Waals surface area contributed by atoms with Crippen LogP contribution in [0.5, 0.6) is 5.75 Å². The molecule has 108 valence electrons. The number of carbonyl (C=O) groups is 1. The van der Waals surface area contributed by atoms with Crippen molar-refractivity contribution in [3.63, 3.8) is 0 Å².